The van der Waals surface area contributed by atoms with Crippen molar-refractivity contribution in [1.82, 2.24) is 14.9 Å². The Bertz CT molecular complexity index is 590. The summed E-state index contributed by atoms with van der Waals surface area (Å²) in [5, 5.41) is 3.03. The first-order chi connectivity index (χ1) is 10.1. The van der Waals surface area contributed by atoms with Crippen LogP contribution in [-0.2, 0) is 11.3 Å². The van der Waals surface area contributed by atoms with Gasteiger partial charge in [-0.3, -0.25) is 9.78 Å². The number of hydrogen-bond donors (Lipinski definition) is 1. The highest BCUT2D eigenvalue weighted by molar-refractivity contribution is 5.80. The topological polar surface area (TPSA) is 46.9 Å². The molecule has 0 saturated heterocycles. The number of nitrogens with zero attached hydrogens (tertiary/aromatic N) is 2. The van der Waals surface area contributed by atoms with E-state index in [4.69, 9.17) is 0 Å². The van der Waals surface area contributed by atoms with E-state index in [0.717, 1.165) is 29.7 Å². The molecule has 2 aromatic heterocycles. The van der Waals surface area contributed by atoms with Crippen LogP contribution in [0.3, 0.4) is 0 Å². The molecular weight excluding hydrogens is 262 g/mol. The van der Waals surface area contributed by atoms with Gasteiger partial charge < -0.3 is 9.88 Å². The van der Waals surface area contributed by atoms with Gasteiger partial charge in [-0.05, 0) is 49.6 Å². The molecule has 4 nitrogen and oxygen atoms in total. The number of hydrogen-bond acceptors (Lipinski definition) is 2. The van der Waals surface area contributed by atoms with Crippen LogP contribution in [-0.4, -0.2) is 15.5 Å². The summed E-state index contributed by atoms with van der Waals surface area (Å²) in [6.07, 6.45) is 7.54. The van der Waals surface area contributed by atoms with Gasteiger partial charge in [0.05, 0.1) is 0 Å². The van der Waals surface area contributed by atoms with Gasteiger partial charge >= 0.3 is 0 Å². The molecule has 2 heterocycles. The monoisotopic (exact) mass is 285 g/mol. The highest BCUT2D eigenvalue weighted by atomic mass is 16.2. The molecule has 0 aliphatic carbocycles. The van der Waals surface area contributed by atoms with E-state index in [1.54, 1.807) is 0 Å². The minimum Gasteiger partial charge on any atom is -0.350 e. The molecule has 2 aromatic rings. The molecule has 0 aromatic carbocycles. The largest absolute Gasteiger partial charge is 0.350 e. The lowest BCUT2D eigenvalue weighted by molar-refractivity contribution is -0.124. The zero-order chi connectivity index (χ0) is 15.2. The lowest BCUT2D eigenvalue weighted by Gasteiger charge is -2.18. The fraction of sp³-hybridized carbons (Fsp3) is 0.412. The van der Waals surface area contributed by atoms with Crippen molar-refractivity contribution in [2.45, 2.75) is 46.2 Å². The second-order valence-corrected chi connectivity index (χ2v) is 5.40. The number of aromatic nitrogens is 2. The number of carbonyl (C=O) groups is 1. The normalized spacial score (nSPS) is 12.1. The van der Waals surface area contributed by atoms with E-state index < -0.39 is 0 Å². The molecule has 0 radical (unpaired) electrons. The quantitative estimate of drug-likeness (QED) is 0.886. The predicted molar refractivity (Wildman–Crippen MR) is 83.9 cm³/mol. The van der Waals surface area contributed by atoms with E-state index in [2.05, 4.69) is 17.2 Å². The van der Waals surface area contributed by atoms with Crippen LogP contribution in [0.4, 0.5) is 0 Å². The van der Waals surface area contributed by atoms with Crippen molar-refractivity contribution in [1.29, 1.82) is 0 Å². The number of pyridine rings is 1. The van der Waals surface area contributed by atoms with E-state index in [1.165, 1.54) is 0 Å². The zero-order valence-electron chi connectivity index (χ0n) is 13.0. The van der Waals surface area contributed by atoms with Crippen LogP contribution in [0.1, 0.15) is 42.6 Å². The lowest BCUT2D eigenvalue weighted by atomic mass is 10.1. The molecule has 0 spiro atoms. The molecule has 2 rings (SSSR count). The van der Waals surface area contributed by atoms with Crippen molar-refractivity contribution in [3.05, 3.63) is 53.6 Å². The third-order valence-corrected chi connectivity index (χ3v) is 3.66. The summed E-state index contributed by atoms with van der Waals surface area (Å²) in [4.78, 5) is 16.7. The minimum atomic E-state index is -0.135. The molecule has 0 aliphatic rings. The summed E-state index contributed by atoms with van der Waals surface area (Å²) in [7, 11) is 0. The van der Waals surface area contributed by atoms with E-state index in [0.29, 0.717) is 6.54 Å². The maximum Gasteiger partial charge on any atom is 0.243 e. The molecule has 0 fully saturated rings. The number of amides is 1. The van der Waals surface area contributed by atoms with Gasteiger partial charge in [0.25, 0.3) is 0 Å². The Balaban J connectivity index is 2.02. The summed E-state index contributed by atoms with van der Waals surface area (Å²) in [5.74, 6) is 0.0630. The fourth-order valence-corrected chi connectivity index (χ4v) is 2.45. The van der Waals surface area contributed by atoms with Crippen molar-refractivity contribution < 1.29 is 4.79 Å². The first-order valence-corrected chi connectivity index (χ1v) is 7.44. The highest BCUT2D eigenvalue weighted by Crippen LogP contribution is 2.15. The maximum absolute atomic E-state index is 12.4. The van der Waals surface area contributed by atoms with E-state index >= 15 is 0 Å². The second kappa shape index (κ2) is 7.07. The molecule has 1 atom stereocenters. The second-order valence-electron chi connectivity index (χ2n) is 5.40. The van der Waals surface area contributed by atoms with Crippen molar-refractivity contribution in [2.75, 3.05) is 0 Å². The van der Waals surface area contributed by atoms with E-state index in [-0.39, 0.29) is 11.9 Å². The Morgan fingerprint density at radius 1 is 1.33 bits per heavy atom. The molecule has 1 amide bonds. The average molecular weight is 285 g/mol. The van der Waals surface area contributed by atoms with Gasteiger partial charge in [0.1, 0.15) is 6.04 Å². The Labute approximate surface area is 126 Å². The van der Waals surface area contributed by atoms with E-state index in [9.17, 15) is 4.79 Å². The van der Waals surface area contributed by atoms with Crippen molar-refractivity contribution in [3.8, 4) is 0 Å². The Hall–Kier alpha value is -2.10. The van der Waals surface area contributed by atoms with Crippen LogP contribution < -0.4 is 5.32 Å². The molecule has 0 bridgehead atoms. The average Bonchev–Trinajstić information content (AvgIpc) is 2.97. The van der Waals surface area contributed by atoms with Crippen LogP contribution in [0.5, 0.6) is 0 Å². The first-order valence-electron chi connectivity index (χ1n) is 7.44. The standard InChI is InChI=1S/C17H23N3O/c1-4-7-16(20-8-5-6-9-20)17(21)19-12-15-11-18-14(3)10-13(15)2/h5-6,8-11,16H,4,7,12H2,1-3H3,(H,19,21)/t16-/m1/s1. The number of aryl methyl sites for hydroxylation is 2. The molecule has 4 heteroatoms. The third-order valence-electron chi connectivity index (χ3n) is 3.66. The third kappa shape index (κ3) is 3.94. The summed E-state index contributed by atoms with van der Waals surface area (Å²) < 4.78 is 1.97. The van der Waals surface area contributed by atoms with Crippen molar-refractivity contribution >= 4 is 5.91 Å². The van der Waals surface area contributed by atoms with E-state index in [1.807, 2.05) is 55.2 Å². The Morgan fingerprint density at radius 2 is 2.05 bits per heavy atom. The molecule has 0 aliphatic heterocycles. The van der Waals surface area contributed by atoms with Gasteiger partial charge in [-0.15, -0.1) is 0 Å². The van der Waals surface area contributed by atoms with Crippen molar-refractivity contribution in [2.24, 2.45) is 0 Å². The SMILES string of the molecule is CCC[C@H](C(=O)NCc1cnc(C)cc1C)n1cccc1. The van der Waals surface area contributed by atoms with Crippen LogP contribution in [0.2, 0.25) is 0 Å². The van der Waals surface area contributed by atoms with Gasteiger partial charge in [-0.25, -0.2) is 0 Å². The lowest BCUT2D eigenvalue weighted by Crippen LogP contribution is -2.32. The van der Waals surface area contributed by atoms with Gasteiger partial charge in [0.2, 0.25) is 5.91 Å². The summed E-state index contributed by atoms with van der Waals surface area (Å²) in [6, 6.07) is 5.80. The van der Waals surface area contributed by atoms with Gasteiger partial charge in [0, 0.05) is 30.8 Å². The summed E-state index contributed by atoms with van der Waals surface area (Å²) in [5.41, 5.74) is 3.23. The molecule has 112 valence electrons. The van der Waals surface area contributed by atoms with Crippen LogP contribution in [0.25, 0.3) is 0 Å². The van der Waals surface area contributed by atoms with Gasteiger partial charge in [-0.1, -0.05) is 13.3 Å². The number of rotatable bonds is 6. The Kier molecular flexibility index (Phi) is 5.14. The first kappa shape index (κ1) is 15.3. The van der Waals surface area contributed by atoms with Crippen LogP contribution in [0.15, 0.2) is 36.8 Å². The molecule has 1 N–H and O–H groups in total. The predicted octanol–water partition coefficient (Wildman–Crippen LogP) is 3.16. The smallest absolute Gasteiger partial charge is 0.243 e. The number of nitrogens with one attached hydrogen (secondary N) is 1. The fourth-order valence-electron chi connectivity index (χ4n) is 2.45. The van der Waals surface area contributed by atoms with Gasteiger partial charge in [0.15, 0.2) is 0 Å². The van der Waals surface area contributed by atoms with Crippen LogP contribution in [0, 0.1) is 13.8 Å². The highest BCUT2D eigenvalue weighted by Gasteiger charge is 2.18. The molecule has 21 heavy (non-hydrogen) atoms. The zero-order valence-corrected chi connectivity index (χ0v) is 13.0. The van der Waals surface area contributed by atoms with Crippen LogP contribution >= 0.6 is 0 Å². The van der Waals surface area contributed by atoms with Gasteiger partial charge in [-0.2, -0.15) is 0 Å². The summed E-state index contributed by atoms with van der Waals surface area (Å²) >= 11 is 0. The Morgan fingerprint density at radius 3 is 2.67 bits per heavy atom. The molecule has 0 saturated carbocycles. The van der Waals surface area contributed by atoms with Crippen molar-refractivity contribution in [3.63, 3.8) is 0 Å². The minimum absolute atomic E-state index is 0.0630. The maximum atomic E-state index is 12.4. The number of carbonyl (C=O) groups excluding carboxylic acids is 1. The summed E-state index contributed by atoms with van der Waals surface area (Å²) in [6.45, 7) is 6.64. The molecule has 0 unspecified atom stereocenters. The molecular formula is C17H23N3O.